The van der Waals surface area contributed by atoms with Crippen LogP contribution >= 0.6 is 0 Å². The fraction of sp³-hybridized carbons (Fsp3) is 0.111. The Balaban J connectivity index is 0.000000399. The molecule has 19 heavy (non-hydrogen) atoms. The van der Waals surface area contributed by atoms with Gasteiger partial charge in [0.1, 0.15) is 6.61 Å². The number of aromatic nitrogens is 3. The molecule has 0 aliphatic heterocycles. The van der Waals surface area contributed by atoms with E-state index in [0.717, 1.165) is 0 Å². The summed E-state index contributed by atoms with van der Waals surface area (Å²) in [5.74, 6) is 0.357. The van der Waals surface area contributed by atoms with E-state index < -0.39 is 10.9 Å². The van der Waals surface area contributed by atoms with Crippen LogP contribution in [0.2, 0.25) is 0 Å². The van der Waals surface area contributed by atoms with Crippen LogP contribution in [0, 0.1) is 15.9 Å². The van der Waals surface area contributed by atoms with Gasteiger partial charge in [-0.25, -0.2) is 4.39 Å². The lowest BCUT2D eigenvalue weighted by Crippen LogP contribution is -1.99. The van der Waals surface area contributed by atoms with Crippen molar-refractivity contribution in [2.24, 2.45) is 0 Å². The van der Waals surface area contributed by atoms with E-state index in [9.17, 15) is 4.39 Å². The molecule has 1 heterocycles. The summed E-state index contributed by atoms with van der Waals surface area (Å²) in [6.07, 6.45) is 0. The lowest BCUT2D eigenvalue weighted by atomic mass is 10.3. The summed E-state index contributed by atoms with van der Waals surface area (Å²) in [7, 11) is 0. The molecule has 0 radical (unpaired) electrons. The highest BCUT2D eigenvalue weighted by Crippen LogP contribution is 2.16. The monoisotopic (exact) mass is 271 g/mol. The summed E-state index contributed by atoms with van der Waals surface area (Å²) in [6, 6.07) is 6.14. The van der Waals surface area contributed by atoms with Gasteiger partial charge >= 0.3 is 0 Å². The molecule has 2 aromatic rings. The number of nitrogen functional groups attached to an aromatic ring is 1. The number of aromatic amines is 1. The quantitative estimate of drug-likeness (QED) is 0.552. The highest BCUT2D eigenvalue weighted by molar-refractivity contribution is 5.23. The third kappa shape index (κ3) is 5.30. The second kappa shape index (κ2) is 6.74. The van der Waals surface area contributed by atoms with Crippen LogP contribution in [0.5, 0.6) is 5.75 Å². The van der Waals surface area contributed by atoms with E-state index in [1.165, 1.54) is 12.1 Å². The molecule has 0 amide bonds. The summed E-state index contributed by atoms with van der Waals surface area (Å²) in [5.41, 5.74) is 5.29. The van der Waals surface area contributed by atoms with Crippen molar-refractivity contribution in [1.82, 2.24) is 15.2 Å². The van der Waals surface area contributed by atoms with Crippen molar-refractivity contribution in [3.8, 4) is 5.75 Å². The molecule has 0 atom stereocenters. The summed E-state index contributed by atoms with van der Waals surface area (Å²) in [4.78, 5) is 12.2. The van der Waals surface area contributed by atoms with E-state index in [-0.39, 0.29) is 18.3 Å². The predicted octanol–water partition coefficient (Wildman–Crippen LogP) is 0.757. The van der Waals surface area contributed by atoms with Gasteiger partial charge in [-0.15, -0.1) is 15.2 Å². The average molecular weight is 271 g/mol. The standard InChI is InChI=1S/C9H9FN4O.HNO3/c10-6-3-1-2-4-7(6)15-5-8-12-9(11)14-13-8;2-1(3)4/h1-4H,5H2,(H3,11,12,13,14);(H,2,3,4). The van der Waals surface area contributed by atoms with Crippen molar-refractivity contribution < 1.29 is 19.4 Å². The maximum absolute atomic E-state index is 13.1. The Morgan fingerprint density at radius 1 is 1.53 bits per heavy atom. The first-order valence-corrected chi connectivity index (χ1v) is 4.86. The minimum Gasteiger partial charge on any atom is -0.483 e. The predicted molar refractivity (Wildman–Crippen MR) is 60.3 cm³/mol. The molecule has 0 aliphatic rings. The molecule has 102 valence electrons. The first-order chi connectivity index (χ1) is 8.99. The van der Waals surface area contributed by atoms with Gasteiger partial charge in [-0.1, -0.05) is 12.1 Å². The Bertz CT molecular complexity index is 543. The molecule has 1 aromatic heterocycles. The number of H-pyrrole nitrogens is 1. The molecule has 10 heteroatoms. The number of nitrogens with one attached hydrogen (secondary N) is 1. The maximum Gasteiger partial charge on any atom is 0.291 e. The van der Waals surface area contributed by atoms with Crippen molar-refractivity contribution >= 4 is 5.95 Å². The molecule has 0 saturated heterocycles. The average Bonchev–Trinajstić information content (AvgIpc) is 2.73. The number of anilines is 1. The summed E-state index contributed by atoms with van der Waals surface area (Å²) in [6.45, 7) is 0.102. The lowest BCUT2D eigenvalue weighted by molar-refractivity contribution is -0.742. The second-order valence-electron chi connectivity index (χ2n) is 3.10. The number of rotatable bonds is 3. The number of hydrogen-bond acceptors (Lipinski definition) is 6. The van der Waals surface area contributed by atoms with Crippen LogP contribution in [0.4, 0.5) is 10.3 Å². The smallest absolute Gasteiger partial charge is 0.291 e. The number of halogens is 1. The minimum absolute atomic E-state index is 0.102. The normalized spacial score (nSPS) is 9.32. The molecule has 0 aliphatic carbocycles. The zero-order chi connectivity index (χ0) is 14.3. The van der Waals surface area contributed by atoms with Crippen molar-refractivity contribution in [2.75, 3.05) is 5.73 Å². The van der Waals surface area contributed by atoms with Crippen LogP contribution in [0.25, 0.3) is 0 Å². The van der Waals surface area contributed by atoms with Gasteiger partial charge in [-0.05, 0) is 12.1 Å². The lowest BCUT2D eigenvalue weighted by Gasteiger charge is -2.03. The minimum atomic E-state index is -1.50. The molecule has 0 fully saturated rings. The van der Waals surface area contributed by atoms with Crippen LogP contribution in [-0.2, 0) is 6.61 Å². The molecule has 0 saturated carbocycles. The van der Waals surface area contributed by atoms with Crippen molar-refractivity contribution in [3.05, 3.63) is 46.0 Å². The van der Waals surface area contributed by atoms with E-state index in [1.54, 1.807) is 12.1 Å². The van der Waals surface area contributed by atoms with Gasteiger partial charge in [0.15, 0.2) is 17.4 Å². The Hall–Kier alpha value is -2.91. The molecule has 0 unspecified atom stereocenters. The van der Waals surface area contributed by atoms with Crippen LogP contribution < -0.4 is 10.5 Å². The second-order valence-corrected chi connectivity index (χ2v) is 3.10. The van der Waals surface area contributed by atoms with Crippen molar-refractivity contribution in [2.45, 2.75) is 6.61 Å². The van der Waals surface area contributed by atoms with Gasteiger partial charge in [0.05, 0.1) is 0 Å². The van der Waals surface area contributed by atoms with Gasteiger partial charge in [0.25, 0.3) is 5.09 Å². The maximum atomic E-state index is 13.1. The van der Waals surface area contributed by atoms with Gasteiger partial charge in [-0.3, -0.25) is 5.10 Å². The van der Waals surface area contributed by atoms with E-state index in [1.807, 2.05) is 0 Å². The highest BCUT2D eigenvalue weighted by atomic mass is 19.1. The van der Waals surface area contributed by atoms with Crippen LogP contribution in [0.3, 0.4) is 0 Å². The van der Waals surface area contributed by atoms with E-state index in [0.29, 0.717) is 5.82 Å². The Morgan fingerprint density at radius 3 is 2.68 bits per heavy atom. The van der Waals surface area contributed by atoms with Crippen molar-refractivity contribution in [1.29, 1.82) is 0 Å². The zero-order valence-corrected chi connectivity index (χ0v) is 9.49. The first-order valence-electron chi connectivity index (χ1n) is 4.86. The fourth-order valence-corrected chi connectivity index (χ4v) is 1.08. The van der Waals surface area contributed by atoms with E-state index in [4.69, 9.17) is 25.8 Å². The number of hydrogen-bond donors (Lipinski definition) is 3. The first kappa shape index (κ1) is 14.2. The van der Waals surface area contributed by atoms with Gasteiger partial charge in [-0.2, -0.15) is 4.98 Å². The summed E-state index contributed by atoms with van der Waals surface area (Å²) >= 11 is 0. The molecule has 9 nitrogen and oxygen atoms in total. The number of nitrogens with two attached hydrogens (primary N) is 1. The highest BCUT2D eigenvalue weighted by Gasteiger charge is 2.04. The SMILES string of the molecule is Nc1n[nH]c(COc2ccccc2F)n1.O=[N+]([O-])O. The summed E-state index contributed by atoms with van der Waals surface area (Å²) in [5, 5.41) is 19.8. The largest absolute Gasteiger partial charge is 0.483 e. The number of nitrogens with zero attached hydrogens (tertiary/aromatic N) is 3. The molecule has 1 aromatic carbocycles. The Kier molecular flexibility index (Phi) is 5.02. The Morgan fingerprint density at radius 2 is 2.16 bits per heavy atom. The Labute approximate surface area is 105 Å². The van der Waals surface area contributed by atoms with Crippen LogP contribution in [0.15, 0.2) is 24.3 Å². The van der Waals surface area contributed by atoms with Crippen molar-refractivity contribution in [3.63, 3.8) is 0 Å². The number of ether oxygens (including phenoxy) is 1. The molecule has 2 rings (SSSR count). The summed E-state index contributed by atoms with van der Waals surface area (Å²) < 4.78 is 18.3. The number of benzene rings is 1. The molecular weight excluding hydrogens is 261 g/mol. The van der Waals surface area contributed by atoms with Gasteiger partial charge < -0.3 is 15.7 Å². The van der Waals surface area contributed by atoms with Crippen LogP contribution in [-0.4, -0.2) is 25.5 Å². The molecule has 0 bridgehead atoms. The topological polar surface area (TPSA) is 140 Å². The van der Waals surface area contributed by atoms with Gasteiger partial charge in [0.2, 0.25) is 5.95 Å². The third-order valence-corrected chi connectivity index (χ3v) is 1.75. The van der Waals surface area contributed by atoms with E-state index >= 15 is 0 Å². The number of para-hydroxylation sites is 1. The molecular formula is C9H10FN5O4. The van der Waals surface area contributed by atoms with Gasteiger partial charge in [0, 0.05) is 0 Å². The zero-order valence-electron chi connectivity index (χ0n) is 9.49. The molecule has 0 spiro atoms. The molecule has 4 N–H and O–H groups in total. The third-order valence-electron chi connectivity index (χ3n) is 1.75. The fourth-order valence-electron chi connectivity index (χ4n) is 1.08. The van der Waals surface area contributed by atoms with Crippen LogP contribution in [0.1, 0.15) is 5.82 Å². The van der Waals surface area contributed by atoms with E-state index in [2.05, 4.69) is 15.2 Å².